The standard InChI is InChI=1S/C19H23ClN4O2S/c1-12(2)15(11-21)23-5-7-24(8-6-23)18(25)10-17-19(26)22-14-9-13(20)3-4-16(14)27-17/h3-4,9,12,15,17H,5-8,10H2,1-2H3,(H,22,26). The summed E-state index contributed by atoms with van der Waals surface area (Å²) in [6.07, 6.45) is 0.171. The normalized spacial score (nSPS) is 21.4. The van der Waals surface area contributed by atoms with Crippen LogP contribution in [0.1, 0.15) is 20.3 Å². The Labute approximate surface area is 168 Å². The Morgan fingerprint density at radius 1 is 1.37 bits per heavy atom. The van der Waals surface area contributed by atoms with Crippen LogP contribution in [0.25, 0.3) is 0 Å². The number of fused-ring (bicyclic) bond motifs is 1. The lowest BCUT2D eigenvalue weighted by atomic mass is 10.0. The Morgan fingerprint density at radius 3 is 2.70 bits per heavy atom. The zero-order valence-corrected chi connectivity index (χ0v) is 17.0. The van der Waals surface area contributed by atoms with Crippen molar-refractivity contribution >= 4 is 40.9 Å². The van der Waals surface area contributed by atoms with Gasteiger partial charge in [0, 0.05) is 42.5 Å². The number of benzene rings is 1. The van der Waals surface area contributed by atoms with E-state index in [1.54, 1.807) is 17.0 Å². The molecular formula is C19H23ClN4O2S. The van der Waals surface area contributed by atoms with Crippen LogP contribution in [0.2, 0.25) is 5.02 Å². The van der Waals surface area contributed by atoms with Crippen LogP contribution in [0.4, 0.5) is 5.69 Å². The molecule has 0 bridgehead atoms. The molecule has 0 aromatic heterocycles. The second-order valence-electron chi connectivity index (χ2n) is 7.18. The molecule has 0 radical (unpaired) electrons. The lowest BCUT2D eigenvalue weighted by Gasteiger charge is -2.38. The maximum Gasteiger partial charge on any atom is 0.238 e. The average molecular weight is 407 g/mol. The monoisotopic (exact) mass is 406 g/mol. The van der Waals surface area contributed by atoms with Crippen molar-refractivity contribution in [3.8, 4) is 6.07 Å². The van der Waals surface area contributed by atoms with E-state index in [9.17, 15) is 14.9 Å². The zero-order valence-electron chi connectivity index (χ0n) is 15.4. The molecule has 1 N–H and O–H groups in total. The van der Waals surface area contributed by atoms with E-state index < -0.39 is 5.25 Å². The van der Waals surface area contributed by atoms with Gasteiger partial charge in [-0.05, 0) is 24.1 Å². The molecule has 0 spiro atoms. The largest absolute Gasteiger partial charge is 0.340 e. The molecule has 2 atom stereocenters. The number of nitrogens with zero attached hydrogens (tertiary/aromatic N) is 3. The Morgan fingerprint density at radius 2 is 2.07 bits per heavy atom. The SMILES string of the molecule is CC(C)C(C#N)N1CCN(C(=O)CC2Sc3ccc(Cl)cc3NC2=O)CC1. The molecule has 0 saturated carbocycles. The number of amides is 2. The summed E-state index contributed by atoms with van der Waals surface area (Å²) in [6, 6.07) is 7.61. The predicted octanol–water partition coefficient (Wildman–Crippen LogP) is 2.84. The number of carbonyl (C=O) groups excluding carboxylic acids is 2. The van der Waals surface area contributed by atoms with Gasteiger partial charge in [0.1, 0.15) is 6.04 Å². The molecule has 3 rings (SSSR count). The molecule has 0 aliphatic carbocycles. The zero-order chi connectivity index (χ0) is 19.6. The summed E-state index contributed by atoms with van der Waals surface area (Å²) in [7, 11) is 0. The smallest absolute Gasteiger partial charge is 0.238 e. The summed E-state index contributed by atoms with van der Waals surface area (Å²) < 4.78 is 0. The van der Waals surface area contributed by atoms with Gasteiger partial charge in [-0.25, -0.2) is 0 Å². The van der Waals surface area contributed by atoms with Gasteiger partial charge in [0.2, 0.25) is 11.8 Å². The maximum atomic E-state index is 12.7. The van der Waals surface area contributed by atoms with E-state index in [-0.39, 0.29) is 30.2 Å². The number of hydrogen-bond donors (Lipinski definition) is 1. The average Bonchev–Trinajstić information content (AvgIpc) is 2.63. The highest BCUT2D eigenvalue weighted by Gasteiger charge is 2.33. The van der Waals surface area contributed by atoms with Gasteiger partial charge in [-0.15, -0.1) is 11.8 Å². The highest BCUT2D eigenvalue weighted by molar-refractivity contribution is 8.01. The van der Waals surface area contributed by atoms with Crippen molar-refractivity contribution in [1.29, 1.82) is 5.26 Å². The molecule has 1 fully saturated rings. The van der Waals surface area contributed by atoms with E-state index in [0.29, 0.717) is 36.9 Å². The summed E-state index contributed by atoms with van der Waals surface area (Å²) in [5, 5.41) is 12.3. The molecular weight excluding hydrogens is 384 g/mol. The molecule has 1 aromatic rings. The second kappa shape index (κ2) is 8.51. The van der Waals surface area contributed by atoms with Crippen molar-refractivity contribution in [2.75, 3.05) is 31.5 Å². The van der Waals surface area contributed by atoms with Crippen molar-refractivity contribution in [3.63, 3.8) is 0 Å². The molecule has 1 aromatic carbocycles. The molecule has 144 valence electrons. The van der Waals surface area contributed by atoms with Gasteiger partial charge in [0.25, 0.3) is 0 Å². The summed E-state index contributed by atoms with van der Waals surface area (Å²) in [5.41, 5.74) is 0.700. The van der Waals surface area contributed by atoms with Gasteiger partial charge in [-0.1, -0.05) is 25.4 Å². The van der Waals surface area contributed by atoms with Crippen LogP contribution < -0.4 is 5.32 Å². The summed E-state index contributed by atoms with van der Waals surface area (Å²) >= 11 is 7.37. The second-order valence-corrected chi connectivity index (χ2v) is 8.86. The van der Waals surface area contributed by atoms with E-state index in [1.807, 2.05) is 19.9 Å². The van der Waals surface area contributed by atoms with Crippen LogP contribution in [0, 0.1) is 17.2 Å². The molecule has 27 heavy (non-hydrogen) atoms. The molecule has 2 aliphatic rings. The van der Waals surface area contributed by atoms with Gasteiger partial charge >= 0.3 is 0 Å². The highest BCUT2D eigenvalue weighted by atomic mass is 35.5. The lowest BCUT2D eigenvalue weighted by Crippen LogP contribution is -2.53. The fraction of sp³-hybridized carbons (Fsp3) is 0.526. The predicted molar refractivity (Wildman–Crippen MR) is 107 cm³/mol. The first-order valence-corrected chi connectivity index (χ1v) is 10.3. The van der Waals surface area contributed by atoms with Crippen molar-refractivity contribution in [2.24, 2.45) is 5.92 Å². The minimum atomic E-state index is -0.438. The highest BCUT2D eigenvalue weighted by Crippen LogP contribution is 2.38. The van der Waals surface area contributed by atoms with Crippen LogP contribution >= 0.6 is 23.4 Å². The minimum Gasteiger partial charge on any atom is -0.340 e. The summed E-state index contributed by atoms with van der Waals surface area (Å²) in [5.74, 6) is 0.0806. The molecule has 8 heteroatoms. The van der Waals surface area contributed by atoms with Crippen LogP contribution in [-0.4, -0.2) is 59.1 Å². The van der Waals surface area contributed by atoms with Gasteiger partial charge in [0.15, 0.2) is 0 Å². The number of halogens is 1. The van der Waals surface area contributed by atoms with Crippen molar-refractivity contribution < 1.29 is 9.59 Å². The van der Waals surface area contributed by atoms with E-state index in [0.717, 1.165) is 4.90 Å². The van der Waals surface area contributed by atoms with E-state index >= 15 is 0 Å². The van der Waals surface area contributed by atoms with Crippen molar-refractivity contribution in [3.05, 3.63) is 23.2 Å². The van der Waals surface area contributed by atoms with Gasteiger partial charge in [-0.3, -0.25) is 14.5 Å². The fourth-order valence-electron chi connectivity index (χ4n) is 3.45. The third kappa shape index (κ3) is 4.57. The molecule has 2 heterocycles. The van der Waals surface area contributed by atoms with Crippen LogP contribution in [0.5, 0.6) is 0 Å². The summed E-state index contributed by atoms with van der Waals surface area (Å²) in [4.78, 5) is 29.9. The topological polar surface area (TPSA) is 76.4 Å². The van der Waals surface area contributed by atoms with Gasteiger partial charge in [0.05, 0.1) is 17.0 Å². The lowest BCUT2D eigenvalue weighted by molar-refractivity contribution is -0.134. The van der Waals surface area contributed by atoms with Crippen LogP contribution in [-0.2, 0) is 9.59 Å². The number of piperazine rings is 1. The Balaban J connectivity index is 1.56. The molecule has 2 amide bonds. The first-order chi connectivity index (χ1) is 12.9. The summed E-state index contributed by atoms with van der Waals surface area (Å²) in [6.45, 7) is 6.63. The van der Waals surface area contributed by atoms with Gasteiger partial charge < -0.3 is 10.2 Å². The van der Waals surface area contributed by atoms with E-state index in [1.165, 1.54) is 11.8 Å². The minimum absolute atomic E-state index is 0.0160. The molecule has 6 nitrogen and oxygen atoms in total. The number of thioether (sulfide) groups is 1. The maximum absolute atomic E-state index is 12.7. The fourth-order valence-corrected chi connectivity index (χ4v) is 4.70. The first-order valence-electron chi connectivity index (χ1n) is 9.07. The number of rotatable bonds is 4. The Hall–Kier alpha value is -1.75. The molecule has 2 aliphatic heterocycles. The van der Waals surface area contributed by atoms with Crippen LogP contribution in [0.15, 0.2) is 23.1 Å². The van der Waals surface area contributed by atoms with Crippen LogP contribution in [0.3, 0.4) is 0 Å². The van der Waals surface area contributed by atoms with Gasteiger partial charge in [-0.2, -0.15) is 5.26 Å². The number of anilines is 1. The van der Waals surface area contributed by atoms with Crippen molar-refractivity contribution in [1.82, 2.24) is 9.80 Å². The first kappa shape index (κ1) is 20.0. The Bertz CT molecular complexity index is 771. The van der Waals surface area contributed by atoms with E-state index in [2.05, 4.69) is 16.3 Å². The van der Waals surface area contributed by atoms with Crippen molar-refractivity contribution in [2.45, 2.75) is 36.5 Å². The third-order valence-corrected chi connectivity index (χ3v) is 6.46. The Kier molecular flexibility index (Phi) is 6.30. The molecule has 2 unspecified atom stereocenters. The van der Waals surface area contributed by atoms with E-state index in [4.69, 9.17) is 11.6 Å². The number of nitriles is 1. The number of hydrogen-bond acceptors (Lipinski definition) is 5. The quantitative estimate of drug-likeness (QED) is 0.831. The number of carbonyl (C=O) groups is 2. The third-order valence-electron chi connectivity index (χ3n) is 4.95. The molecule has 1 saturated heterocycles. The number of nitrogens with one attached hydrogen (secondary N) is 1.